The topological polar surface area (TPSA) is 29.1 Å². The number of carbonyl (C=O) groups is 1. The number of carbonyl (C=O) groups excluding carboxylic acids is 1. The van der Waals surface area contributed by atoms with Gasteiger partial charge in [-0.1, -0.05) is 35.8 Å². The van der Waals surface area contributed by atoms with Crippen molar-refractivity contribution in [2.24, 2.45) is 0 Å². The van der Waals surface area contributed by atoms with Crippen LogP contribution < -0.4 is 5.32 Å². The maximum Gasteiger partial charge on any atom is 0.224 e. The van der Waals surface area contributed by atoms with Gasteiger partial charge in [0.05, 0.1) is 6.42 Å². The van der Waals surface area contributed by atoms with Crippen molar-refractivity contribution in [2.75, 3.05) is 5.33 Å². The van der Waals surface area contributed by atoms with Gasteiger partial charge in [0.1, 0.15) is 0 Å². The number of rotatable bonds is 6. The maximum atomic E-state index is 13.1. The van der Waals surface area contributed by atoms with Crippen LogP contribution in [0.15, 0.2) is 18.2 Å². The van der Waals surface area contributed by atoms with Gasteiger partial charge < -0.3 is 5.32 Å². The lowest BCUT2D eigenvalue weighted by Crippen LogP contribution is -2.49. The molecule has 5 heteroatoms. The van der Waals surface area contributed by atoms with Crippen molar-refractivity contribution in [3.05, 3.63) is 35.4 Å². The summed E-state index contributed by atoms with van der Waals surface area (Å²) in [6, 6.07) is 3.52. The molecule has 1 rings (SSSR count). The fraction of sp³-hybridized carbons (Fsp3) is 0.500. The first-order valence-corrected chi connectivity index (χ1v) is 7.39. The van der Waals surface area contributed by atoms with Gasteiger partial charge >= 0.3 is 0 Å². The number of benzene rings is 1. The van der Waals surface area contributed by atoms with Gasteiger partial charge in [-0.25, -0.2) is 8.78 Å². The summed E-state index contributed by atoms with van der Waals surface area (Å²) in [5, 5.41) is 3.62. The van der Waals surface area contributed by atoms with Crippen LogP contribution in [0.4, 0.5) is 8.78 Å². The van der Waals surface area contributed by atoms with Gasteiger partial charge in [0, 0.05) is 10.9 Å². The molecule has 19 heavy (non-hydrogen) atoms. The Labute approximate surface area is 120 Å². The lowest BCUT2D eigenvalue weighted by atomic mass is 9.95. The first-order chi connectivity index (χ1) is 8.96. The highest BCUT2D eigenvalue weighted by Crippen LogP contribution is 2.18. The van der Waals surface area contributed by atoms with E-state index in [9.17, 15) is 13.6 Å². The minimum atomic E-state index is -0.928. The van der Waals surface area contributed by atoms with Crippen molar-refractivity contribution in [3.8, 4) is 0 Å². The van der Waals surface area contributed by atoms with Crippen LogP contribution in [0.3, 0.4) is 0 Å². The molecule has 1 aromatic rings. The standard InChI is InChI=1S/C14H18BrF2NO/c1-3-14(4-2,9-15)18-13(19)8-10-5-6-11(16)12(17)7-10/h5-7H,3-4,8-9H2,1-2H3,(H,18,19). The zero-order chi connectivity index (χ0) is 14.5. The smallest absolute Gasteiger partial charge is 0.224 e. The van der Waals surface area contributed by atoms with Crippen LogP contribution in [0.2, 0.25) is 0 Å². The molecule has 0 fully saturated rings. The predicted octanol–water partition coefficient (Wildman–Crippen LogP) is 3.58. The highest BCUT2D eigenvalue weighted by Gasteiger charge is 2.26. The molecule has 0 aromatic heterocycles. The fourth-order valence-corrected chi connectivity index (χ4v) is 2.76. The largest absolute Gasteiger partial charge is 0.350 e. The zero-order valence-electron chi connectivity index (χ0n) is 11.1. The Balaban J connectivity index is 2.71. The third kappa shape index (κ3) is 4.27. The number of nitrogens with one attached hydrogen (secondary N) is 1. The number of amides is 1. The summed E-state index contributed by atoms with van der Waals surface area (Å²) in [6.45, 7) is 4.01. The molecular formula is C14H18BrF2NO. The zero-order valence-corrected chi connectivity index (χ0v) is 12.7. The van der Waals surface area contributed by atoms with Gasteiger partial charge in [0.15, 0.2) is 11.6 Å². The van der Waals surface area contributed by atoms with E-state index in [4.69, 9.17) is 0 Å². The van der Waals surface area contributed by atoms with Crippen molar-refractivity contribution in [3.63, 3.8) is 0 Å². The molecule has 0 radical (unpaired) electrons. The van der Waals surface area contributed by atoms with E-state index in [2.05, 4.69) is 21.2 Å². The van der Waals surface area contributed by atoms with Crippen LogP contribution in [-0.2, 0) is 11.2 Å². The minimum Gasteiger partial charge on any atom is -0.350 e. The molecule has 0 spiro atoms. The number of alkyl halides is 1. The molecule has 0 bridgehead atoms. The molecule has 1 N–H and O–H groups in total. The first kappa shape index (κ1) is 16.1. The van der Waals surface area contributed by atoms with E-state index in [1.165, 1.54) is 6.07 Å². The van der Waals surface area contributed by atoms with Crippen molar-refractivity contribution >= 4 is 21.8 Å². The van der Waals surface area contributed by atoms with E-state index in [0.717, 1.165) is 25.0 Å². The Morgan fingerprint density at radius 3 is 2.37 bits per heavy atom. The molecule has 0 atom stereocenters. The van der Waals surface area contributed by atoms with Crippen LogP contribution in [-0.4, -0.2) is 16.8 Å². The summed E-state index contributed by atoms with van der Waals surface area (Å²) in [7, 11) is 0. The van der Waals surface area contributed by atoms with Crippen LogP contribution >= 0.6 is 15.9 Å². The normalized spacial score (nSPS) is 11.4. The monoisotopic (exact) mass is 333 g/mol. The number of hydrogen-bond donors (Lipinski definition) is 1. The number of halogens is 3. The Hall–Kier alpha value is -0.970. The van der Waals surface area contributed by atoms with Crippen molar-refractivity contribution < 1.29 is 13.6 Å². The Morgan fingerprint density at radius 2 is 1.89 bits per heavy atom. The maximum absolute atomic E-state index is 13.1. The third-order valence-corrected chi connectivity index (χ3v) is 4.44. The summed E-state index contributed by atoms with van der Waals surface area (Å²) < 4.78 is 25.8. The van der Waals surface area contributed by atoms with E-state index in [-0.39, 0.29) is 17.9 Å². The van der Waals surface area contributed by atoms with Gasteiger partial charge in [0.2, 0.25) is 5.91 Å². The van der Waals surface area contributed by atoms with E-state index < -0.39 is 11.6 Å². The van der Waals surface area contributed by atoms with Crippen molar-refractivity contribution in [1.82, 2.24) is 5.32 Å². The van der Waals surface area contributed by atoms with Crippen molar-refractivity contribution in [1.29, 1.82) is 0 Å². The molecule has 0 saturated heterocycles. The average molecular weight is 334 g/mol. The van der Waals surface area contributed by atoms with Crippen LogP contribution in [0.5, 0.6) is 0 Å². The Kier molecular flexibility index (Phi) is 5.91. The minimum absolute atomic E-state index is 0.0476. The van der Waals surface area contributed by atoms with Gasteiger partial charge in [-0.2, -0.15) is 0 Å². The highest BCUT2D eigenvalue weighted by molar-refractivity contribution is 9.09. The van der Waals surface area contributed by atoms with Gasteiger partial charge in [-0.3, -0.25) is 4.79 Å². The van der Waals surface area contributed by atoms with Gasteiger partial charge in [-0.05, 0) is 30.5 Å². The Bertz CT molecular complexity index is 439. The van der Waals surface area contributed by atoms with Crippen molar-refractivity contribution in [2.45, 2.75) is 38.6 Å². The molecule has 0 unspecified atom stereocenters. The van der Waals surface area contributed by atoms with Gasteiger partial charge in [0.25, 0.3) is 0 Å². The van der Waals surface area contributed by atoms with Gasteiger partial charge in [-0.15, -0.1) is 0 Å². The summed E-state index contributed by atoms with van der Waals surface area (Å²) in [5.41, 5.74) is 0.183. The molecule has 1 aromatic carbocycles. The van der Waals surface area contributed by atoms with E-state index in [1.807, 2.05) is 13.8 Å². The average Bonchev–Trinajstić information content (AvgIpc) is 2.40. The second-order valence-electron chi connectivity index (χ2n) is 4.59. The van der Waals surface area contributed by atoms with Crippen LogP contribution in [0.25, 0.3) is 0 Å². The third-order valence-electron chi connectivity index (χ3n) is 3.36. The first-order valence-electron chi connectivity index (χ1n) is 6.27. The van der Waals surface area contributed by atoms with E-state index >= 15 is 0 Å². The lowest BCUT2D eigenvalue weighted by Gasteiger charge is -2.31. The lowest BCUT2D eigenvalue weighted by molar-refractivity contribution is -0.122. The summed E-state index contributed by atoms with van der Waals surface area (Å²) >= 11 is 3.40. The molecule has 0 saturated carbocycles. The van der Waals surface area contributed by atoms with E-state index in [1.54, 1.807) is 0 Å². The fourth-order valence-electron chi connectivity index (χ4n) is 1.82. The molecule has 0 aliphatic carbocycles. The SMILES string of the molecule is CCC(CC)(CBr)NC(=O)Cc1ccc(F)c(F)c1. The summed E-state index contributed by atoms with van der Waals surface area (Å²) in [5.74, 6) is -2.02. The quantitative estimate of drug-likeness (QED) is 0.792. The van der Waals surface area contributed by atoms with E-state index in [0.29, 0.717) is 10.9 Å². The second-order valence-corrected chi connectivity index (χ2v) is 5.16. The molecule has 0 aliphatic rings. The van der Waals surface area contributed by atoms with Crippen LogP contribution in [0, 0.1) is 11.6 Å². The highest BCUT2D eigenvalue weighted by atomic mass is 79.9. The Morgan fingerprint density at radius 1 is 1.26 bits per heavy atom. The molecule has 2 nitrogen and oxygen atoms in total. The molecule has 0 aliphatic heterocycles. The molecule has 1 amide bonds. The molecular weight excluding hydrogens is 316 g/mol. The van der Waals surface area contributed by atoms with Crippen LogP contribution in [0.1, 0.15) is 32.3 Å². The summed E-state index contributed by atoms with van der Waals surface area (Å²) in [6.07, 6.45) is 1.66. The predicted molar refractivity (Wildman–Crippen MR) is 75.3 cm³/mol. The summed E-state index contributed by atoms with van der Waals surface area (Å²) in [4.78, 5) is 12.0. The molecule has 0 heterocycles. The number of hydrogen-bond acceptors (Lipinski definition) is 1. The second kappa shape index (κ2) is 6.98. The molecule has 106 valence electrons.